The van der Waals surface area contributed by atoms with E-state index in [0.717, 1.165) is 35.7 Å². The van der Waals surface area contributed by atoms with Gasteiger partial charge in [-0.05, 0) is 33.3 Å². The van der Waals surface area contributed by atoms with E-state index in [1.54, 1.807) is 0 Å². The third-order valence-corrected chi connectivity index (χ3v) is 4.62. The normalized spacial score (nSPS) is 19.2. The molecule has 1 amide bonds. The molecule has 1 N–H and O–H groups in total. The number of aromatic amines is 1. The highest BCUT2D eigenvalue weighted by Gasteiger charge is 2.31. The molecule has 3 rings (SSSR count). The van der Waals surface area contributed by atoms with Gasteiger partial charge in [0.2, 0.25) is 5.91 Å². The first-order chi connectivity index (χ1) is 12.0. The molecule has 136 valence electrons. The maximum absolute atomic E-state index is 12.9. The monoisotopic (exact) mass is 346 g/mol. The zero-order valence-electron chi connectivity index (χ0n) is 15.3. The average molecular weight is 346 g/mol. The van der Waals surface area contributed by atoms with Crippen molar-refractivity contribution in [3.63, 3.8) is 0 Å². The molecule has 1 aliphatic heterocycles. The number of hydrogen-bond donors (Lipinski definition) is 1. The SMILES string of the molecule is CCCc1nc([C@@H]2CN(C(=O)[C@@H](C)c3cc(C)oc3C)CCO2)n[nH]1. The summed E-state index contributed by atoms with van der Waals surface area (Å²) >= 11 is 0. The Bertz CT molecular complexity index is 737. The van der Waals surface area contributed by atoms with Gasteiger partial charge in [0.05, 0.1) is 19.1 Å². The van der Waals surface area contributed by atoms with Crippen LogP contribution in [0.25, 0.3) is 0 Å². The van der Waals surface area contributed by atoms with Gasteiger partial charge in [-0.15, -0.1) is 0 Å². The summed E-state index contributed by atoms with van der Waals surface area (Å²) in [6.07, 6.45) is 1.59. The Labute approximate surface area is 147 Å². The first kappa shape index (κ1) is 17.7. The minimum Gasteiger partial charge on any atom is -0.466 e. The summed E-state index contributed by atoms with van der Waals surface area (Å²) in [5, 5.41) is 7.21. The molecular formula is C18H26N4O3. The Morgan fingerprint density at radius 3 is 2.96 bits per heavy atom. The van der Waals surface area contributed by atoms with Crippen LogP contribution in [0, 0.1) is 13.8 Å². The van der Waals surface area contributed by atoms with Crippen molar-refractivity contribution in [3.8, 4) is 0 Å². The van der Waals surface area contributed by atoms with Gasteiger partial charge in [0.15, 0.2) is 5.82 Å². The Balaban J connectivity index is 1.69. The summed E-state index contributed by atoms with van der Waals surface area (Å²) in [5.41, 5.74) is 0.952. The van der Waals surface area contributed by atoms with Gasteiger partial charge >= 0.3 is 0 Å². The van der Waals surface area contributed by atoms with Crippen molar-refractivity contribution in [2.75, 3.05) is 19.7 Å². The number of carbonyl (C=O) groups is 1. The molecule has 1 fully saturated rings. The second-order valence-corrected chi connectivity index (χ2v) is 6.62. The molecule has 1 aliphatic rings. The van der Waals surface area contributed by atoms with Crippen molar-refractivity contribution < 1.29 is 13.9 Å². The van der Waals surface area contributed by atoms with Crippen molar-refractivity contribution in [2.45, 2.75) is 52.6 Å². The predicted molar refractivity (Wildman–Crippen MR) is 92.2 cm³/mol. The zero-order chi connectivity index (χ0) is 18.0. The number of H-pyrrole nitrogens is 1. The highest BCUT2D eigenvalue weighted by molar-refractivity contribution is 5.83. The van der Waals surface area contributed by atoms with E-state index >= 15 is 0 Å². The molecule has 2 aromatic rings. The van der Waals surface area contributed by atoms with E-state index in [-0.39, 0.29) is 17.9 Å². The molecule has 2 aromatic heterocycles. The largest absolute Gasteiger partial charge is 0.466 e. The molecule has 1 saturated heterocycles. The lowest BCUT2D eigenvalue weighted by atomic mass is 9.99. The van der Waals surface area contributed by atoms with Crippen molar-refractivity contribution in [1.29, 1.82) is 0 Å². The number of ether oxygens (including phenoxy) is 1. The molecule has 3 heterocycles. The fraction of sp³-hybridized carbons (Fsp3) is 0.611. The van der Waals surface area contributed by atoms with Gasteiger partial charge in [0, 0.05) is 18.5 Å². The molecule has 25 heavy (non-hydrogen) atoms. The Kier molecular flexibility index (Phi) is 5.22. The van der Waals surface area contributed by atoms with Crippen LogP contribution >= 0.6 is 0 Å². The molecule has 0 aliphatic carbocycles. The van der Waals surface area contributed by atoms with Gasteiger partial charge in [-0.25, -0.2) is 4.98 Å². The van der Waals surface area contributed by atoms with Crippen LogP contribution in [0.15, 0.2) is 10.5 Å². The van der Waals surface area contributed by atoms with Crippen LogP contribution in [-0.4, -0.2) is 45.7 Å². The van der Waals surface area contributed by atoms with Crippen LogP contribution in [0.2, 0.25) is 0 Å². The maximum Gasteiger partial charge on any atom is 0.230 e. The minimum atomic E-state index is -0.279. The van der Waals surface area contributed by atoms with Crippen LogP contribution in [0.1, 0.15) is 61.0 Å². The van der Waals surface area contributed by atoms with E-state index < -0.39 is 0 Å². The van der Waals surface area contributed by atoms with Gasteiger partial charge in [0.25, 0.3) is 0 Å². The zero-order valence-corrected chi connectivity index (χ0v) is 15.3. The summed E-state index contributed by atoms with van der Waals surface area (Å²) in [7, 11) is 0. The van der Waals surface area contributed by atoms with Crippen LogP contribution in [-0.2, 0) is 16.0 Å². The first-order valence-corrected chi connectivity index (χ1v) is 8.88. The topological polar surface area (TPSA) is 84.2 Å². The highest BCUT2D eigenvalue weighted by atomic mass is 16.5. The first-order valence-electron chi connectivity index (χ1n) is 8.88. The number of carbonyl (C=O) groups excluding carboxylic acids is 1. The average Bonchev–Trinajstić information content (AvgIpc) is 3.20. The molecule has 2 atom stereocenters. The molecule has 0 unspecified atom stereocenters. The summed E-state index contributed by atoms with van der Waals surface area (Å²) in [6, 6.07) is 1.95. The maximum atomic E-state index is 12.9. The fourth-order valence-electron chi connectivity index (χ4n) is 3.30. The summed E-state index contributed by atoms with van der Waals surface area (Å²) in [5.74, 6) is 2.98. The molecule has 7 heteroatoms. The highest BCUT2D eigenvalue weighted by Crippen LogP contribution is 2.27. The van der Waals surface area contributed by atoms with Crippen molar-refractivity contribution in [1.82, 2.24) is 20.1 Å². The van der Waals surface area contributed by atoms with Crippen molar-refractivity contribution in [2.24, 2.45) is 0 Å². The Morgan fingerprint density at radius 2 is 2.28 bits per heavy atom. The fourth-order valence-corrected chi connectivity index (χ4v) is 3.30. The molecule has 0 saturated carbocycles. The van der Waals surface area contributed by atoms with Gasteiger partial charge in [-0.3, -0.25) is 9.89 Å². The third kappa shape index (κ3) is 3.76. The number of morpholine rings is 1. The number of rotatable bonds is 5. The lowest BCUT2D eigenvalue weighted by Gasteiger charge is -2.33. The van der Waals surface area contributed by atoms with Gasteiger partial charge in [-0.1, -0.05) is 6.92 Å². The van der Waals surface area contributed by atoms with Crippen LogP contribution < -0.4 is 0 Å². The van der Waals surface area contributed by atoms with E-state index in [1.165, 1.54) is 0 Å². The number of amides is 1. The molecule has 7 nitrogen and oxygen atoms in total. The van der Waals surface area contributed by atoms with Gasteiger partial charge < -0.3 is 14.1 Å². The van der Waals surface area contributed by atoms with Crippen LogP contribution in [0.4, 0.5) is 0 Å². The van der Waals surface area contributed by atoms with Gasteiger partial charge in [-0.2, -0.15) is 5.10 Å². The summed E-state index contributed by atoms with van der Waals surface area (Å²) in [6.45, 7) is 9.37. The second-order valence-electron chi connectivity index (χ2n) is 6.62. The number of hydrogen-bond acceptors (Lipinski definition) is 5. The molecule has 0 radical (unpaired) electrons. The number of nitrogens with one attached hydrogen (secondary N) is 1. The number of nitrogens with zero attached hydrogens (tertiary/aromatic N) is 3. The van der Waals surface area contributed by atoms with E-state index in [2.05, 4.69) is 22.1 Å². The van der Waals surface area contributed by atoms with E-state index in [4.69, 9.17) is 9.15 Å². The standard InChI is InChI=1S/C18H26N4O3/c1-5-6-16-19-17(21-20-16)15-10-22(7-8-24-15)18(23)12(3)14-9-11(2)25-13(14)4/h9,12,15H,5-8,10H2,1-4H3,(H,19,20,21)/t12-,15-/m0/s1. The van der Waals surface area contributed by atoms with Crippen molar-refractivity contribution in [3.05, 3.63) is 34.8 Å². The smallest absolute Gasteiger partial charge is 0.230 e. The Morgan fingerprint density at radius 1 is 1.48 bits per heavy atom. The molecule has 0 spiro atoms. The summed E-state index contributed by atoms with van der Waals surface area (Å²) in [4.78, 5) is 19.3. The lowest BCUT2D eigenvalue weighted by Crippen LogP contribution is -2.44. The van der Waals surface area contributed by atoms with E-state index in [0.29, 0.717) is 25.5 Å². The van der Waals surface area contributed by atoms with Crippen LogP contribution in [0.5, 0.6) is 0 Å². The van der Waals surface area contributed by atoms with Crippen LogP contribution in [0.3, 0.4) is 0 Å². The number of aryl methyl sites for hydroxylation is 3. The predicted octanol–water partition coefficient (Wildman–Crippen LogP) is 2.67. The van der Waals surface area contributed by atoms with E-state index in [9.17, 15) is 4.79 Å². The summed E-state index contributed by atoms with van der Waals surface area (Å²) < 4.78 is 11.4. The Hall–Kier alpha value is -2.15. The quantitative estimate of drug-likeness (QED) is 0.900. The number of furan rings is 1. The second kappa shape index (κ2) is 7.39. The molecular weight excluding hydrogens is 320 g/mol. The lowest BCUT2D eigenvalue weighted by molar-refractivity contribution is -0.140. The van der Waals surface area contributed by atoms with Crippen molar-refractivity contribution >= 4 is 5.91 Å². The minimum absolute atomic E-state index is 0.0847. The van der Waals surface area contributed by atoms with Gasteiger partial charge in [0.1, 0.15) is 23.4 Å². The molecule has 0 bridgehead atoms. The number of aromatic nitrogens is 3. The third-order valence-electron chi connectivity index (χ3n) is 4.62. The molecule has 0 aromatic carbocycles. The van der Waals surface area contributed by atoms with E-state index in [1.807, 2.05) is 31.7 Å².